The average Bonchev–Trinajstić information content (AvgIpc) is 3.15. The molecule has 2 amide bonds. The minimum Gasteiger partial charge on any atom is -0.337 e. The summed E-state index contributed by atoms with van der Waals surface area (Å²) >= 11 is 6.33. The first-order valence-corrected chi connectivity index (χ1v) is 9.19. The average molecular weight is 401 g/mol. The first-order valence-electron chi connectivity index (χ1n) is 6.70. The van der Waals surface area contributed by atoms with Gasteiger partial charge in [0.1, 0.15) is 0 Å². The molecular formula is C15H17BrN2O2S2. The number of thiophene rings is 2. The van der Waals surface area contributed by atoms with E-state index in [1.54, 1.807) is 36.4 Å². The van der Waals surface area contributed by atoms with Crippen LogP contribution < -0.4 is 0 Å². The summed E-state index contributed by atoms with van der Waals surface area (Å²) in [6, 6.07) is 7.58. The summed E-state index contributed by atoms with van der Waals surface area (Å²) in [5.74, 6) is -0.214. The third-order valence-electron chi connectivity index (χ3n) is 3.43. The van der Waals surface area contributed by atoms with Crippen molar-refractivity contribution >= 4 is 50.4 Å². The maximum absolute atomic E-state index is 12.4. The van der Waals surface area contributed by atoms with E-state index in [4.69, 9.17) is 0 Å². The summed E-state index contributed by atoms with van der Waals surface area (Å²) in [7, 11) is 3.42. The molecule has 0 saturated carbocycles. The van der Waals surface area contributed by atoms with Gasteiger partial charge >= 0.3 is 0 Å². The van der Waals surface area contributed by atoms with Gasteiger partial charge in [0, 0.05) is 19.0 Å². The van der Waals surface area contributed by atoms with Crippen LogP contribution in [0.15, 0.2) is 33.4 Å². The Labute approximate surface area is 146 Å². The zero-order valence-corrected chi connectivity index (χ0v) is 15.8. The molecule has 0 aromatic carbocycles. The van der Waals surface area contributed by atoms with Crippen LogP contribution in [0.2, 0.25) is 0 Å². The van der Waals surface area contributed by atoms with E-state index >= 15 is 0 Å². The van der Waals surface area contributed by atoms with E-state index in [-0.39, 0.29) is 24.4 Å². The van der Waals surface area contributed by atoms with Crippen molar-refractivity contribution in [1.82, 2.24) is 9.80 Å². The Kier molecular flexibility index (Phi) is 5.77. The topological polar surface area (TPSA) is 40.6 Å². The number of amides is 2. The summed E-state index contributed by atoms with van der Waals surface area (Å²) in [6.07, 6.45) is 0. The number of carbonyl (C=O) groups is 2. The minimum absolute atomic E-state index is 0.00637. The Morgan fingerprint density at radius 2 is 2.00 bits per heavy atom. The lowest BCUT2D eigenvalue weighted by molar-refractivity contribution is -0.132. The fourth-order valence-electron chi connectivity index (χ4n) is 1.94. The number of hydrogen-bond donors (Lipinski definition) is 0. The lowest BCUT2D eigenvalue weighted by Crippen LogP contribution is -2.40. The third-order valence-corrected chi connectivity index (χ3v) is 6.09. The zero-order chi connectivity index (χ0) is 16.3. The molecule has 1 unspecified atom stereocenters. The quantitative estimate of drug-likeness (QED) is 0.764. The molecule has 2 rings (SSSR count). The summed E-state index contributed by atoms with van der Waals surface area (Å²) in [5, 5.41) is 1.99. The minimum atomic E-state index is -0.138. The standard InChI is InChI=1S/C15H17BrN2O2S2/c1-10(11-5-4-8-21-11)18(3)14(19)9-17(2)15(20)12-6-7-13(16)22-12/h4-8,10H,9H2,1-3H3. The van der Waals surface area contributed by atoms with Crippen LogP contribution in [0.3, 0.4) is 0 Å². The van der Waals surface area contributed by atoms with Crippen LogP contribution in [0.5, 0.6) is 0 Å². The van der Waals surface area contributed by atoms with E-state index in [9.17, 15) is 9.59 Å². The van der Waals surface area contributed by atoms with Crippen LogP contribution in [-0.2, 0) is 4.79 Å². The van der Waals surface area contributed by atoms with Gasteiger partial charge in [-0.25, -0.2) is 0 Å². The monoisotopic (exact) mass is 400 g/mol. The highest BCUT2D eigenvalue weighted by molar-refractivity contribution is 9.11. The first-order chi connectivity index (χ1) is 10.4. The van der Waals surface area contributed by atoms with Gasteiger partial charge in [0.05, 0.1) is 21.3 Å². The number of likely N-dealkylation sites (N-methyl/N-ethyl adjacent to an activating group) is 2. The molecule has 7 heteroatoms. The van der Waals surface area contributed by atoms with Crippen molar-refractivity contribution in [3.8, 4) is 0 Å². The van der Waals surface area contributed by atoms with E-state index in [1.165, 1.54) is 16.2 Å². The first kappa shape index (κ1) is 17.2. The van der Waals surface area contributed by atoms with E-state index in [0.29, 0.717) is 4.88 Å². The lowest BCUT2D eigenvalue weighted by Gasteiger charge is -2.26. The van der Waals surface area contributed by atoms with Crippen LogP contribution in [0, 0.1) is 0 Å². The van der Waals surface area contributed by atoms with Crippen molar-refractivity contribution in [2.75, 3.05) is 20.6 Å². The molecule has 118 valence electrons. The molecule has 0 radical (unpaired) electrons. The van der Waals surface area contributed by atoms with Crippen molar-refractivity contribution in [3.05, 3.63) is 43.2 Å². The second-order valence-corrected chi connectivity index (χ2v) is 8.40. The molecule has 0 spiro atoms. The van der Waals surface area contributed by atoms with Gasteiger partial charge in [-0.05, 0) is 46.4 Å². The van der Waals surface area contributed by atoms with E-state index in [1.807, 2.05) is 30.5 Å². The van der Waals surface area contributed by atoms with Crippen molar-refractivity contribution in [3.63, 3.8) is 0 Å². The maximum atomic E-state index is 12.4. The van der Waals surface area contributed by atoms with Gasteiger partial charge in [-0.2, -0.15) is 0 Å². The fourth-order valence-corrected chi connectivity index (χ4v) is 4.15. The predicted octanol–water partition coefficient (Wildman–Crippen LogP) is 3.86. The molecule has 0 aliphatic heterocycles. The van der Waals surface area contributed by atoms with Crippen LogP contribution in [-0.4, -0.2) is 42.3 Å². The number of hydrogen-bond acceptors (Lipinski definition) is 4. The zero-order valence-electron chi connectivity index (χ0n) is 12.6. The molecule has 0 saturated heterocycles. The molecule has 0 N–H and O–H groups in total. The lowest BCUT2D eigenvalue weighted by atomic mass is 10.2. The van der Waals surface area contributed by atoms with Gasteiger partial charge in [0.15, 0.2) is 0 Å². The van der Waals surface area contributed by atoms with E-state index in [0.717, 1.165) is 8.66 Å². The Balaban J connectivity index is 1.97. The summed E-state index contributed by atoms with van der Waals surface area (Å²) < 4.78 is 0.902. The van der Waals surface area contributed by atoms with Gasteiger partial charge in [0.25, 0.3) is 5.91 Å². The highest BCUT2D eigenvalue weighted by atomic mass is 79.9. The molecule has 2 aromatic heterocycles. The van der Waals surface area contributed by atoms with Crippen molar-refractivity contribution in [2.45, 2.75) is 13.0 Å². The Morgan fingerprint density at radius 1 is 1.27 bits per heavy atom. The van der Waals surface area contributed by atoms with Gasteiger partial charge in [-0.1, -0.05) is 6.07 Å². The van der Waals surface area contributed by atoms with Crippen molar-refractivity contribution < 1.29 is 9.59 Å². The van der Waals surface area contributed by atoms with Gasteiger partial charge in [-0.15, -0.1) is 22.7 Å². The smallest absolute Gasteiger partial charge is 0.264 e. The fraction of sp³-hybridized carbons (Fsp3) is 0.333. The summed E-state index contributed by atoms with van der Waals surface area (Å²) in [4.78, 5) is 29.5. The van der Waals surface area contributed by atoms with Gasteiger partial charge in [0.2, 0.25) is 5.91 Å². The van der Waals surface area contributed by atoms with E-state index < -0.39 is 0 Å². The number of halogens is 1. The number of nitrogens with zero attached hydrogens (tertiary/aromatic N) is 2. The second-order valence-electron chi connectivity index (χ2n) is 4.96. The number of carbonyl (C=O) groups excluding carboxylic acids is 2. The SMILES string of the molecule is CC(c1cccs1)N(C)C(=O)CN(C)C(=O)c1ccc(Br)s1. The predicted molar refractivity (Wildman–Crippen MR) is 94.5 cm³/mol. The highest BCUT2D eigenvalue weighted by Gasteiger charge is 2.22. The molecule has 0 aliphatic rings. The summed E-state index contributed by atoms with van der Waals surface area (Å²) in [6.45, 7) is 2.06. The molecule has 0 fully saturated rings. The highest BCUT2D eigenvalue weighted by Crippen LogP contribution is 2.24. The van der Waals surface area contributed by atoms with Crippen molar-refractivity contribution in [2.24, 2.45) is 0 Å². The van der Waals surface area contributed by atoms with Gasteiger partial charge in [-0.3, -0.25) is 9.59 Å². The normalized spacial score (nSPS) is 12.0. The van der Waals surface area contributed by atoms with Crippen LogP contribution >= 0.6 is 38.6 Å². The van der Waals surface area contributed by atoms with Crippen LogP contribution in [0.4, 0.5) is 0 Å². The Morgan fingerprint density at radius 3 is 2.55 bits per heavy atom. The molecule has 4 nitrogen and oxygen atoms in total. The molecule has 0 aliphatic carbocycles. The Bertz CT molecular complexity index is 654. The summed E-state index contributed by atoms with van der Waals surface area (Å²) in [5.41, 5.74) is 0. The Hall–Kier alpha value is -1.18. The largest absolute Gasteiger partial charge is 0.337 e. The molecular weight excluding hydrogens is 384 g/mol. The van der Waals surface area contributed by atoms with Gasteiger partial charge < -0.3 is 9.80 Å². The molecule has 2 aromatic rings. The van der Waals surface area contributed by atoms with Crippen molar-refractivity contribution in [1.29, 1.82) is 0 Å². The van der Waals surface area contributed by atoms with E-state index in [2.05, 4.69) is 15.9 Å². The molecule has 1 atom stereocenters. The third kappa shape index (κ3) is 3.97. The molecule has 0 bridgehead atoms. The van der Waals surface area contributed by atoms with Crippen LogP contribution in [0.25, 0.3) is 0 Å². The van der Waals surface area contributed by atoms with Crippen LogP contribution in [0.1, 0.15) is 27.5 Å². The maximum Gasteiger partial charge on any atom is 0.264 e. The second kappa shape index (κ2) is 7.39. The molecule has 2 heterocycles. The number of rotatable bonds is 5. The molecule has 22 heavy (non-hydrogen) atoms.